The van der Waals surface area contributed by atoms with Gasteiger partial charge in [-0.2, -0.15) is 0 Å². The summed E-state index contributed by atoms with van der Waals surface area (Å²) in [5.41, 5.74) is 2.86. The number of anilines is 1. The fourth-order valence-electron chi connectivity index (χ4n) is 2.49. The van der Waals surface area contributed by atoms with Gasteiger partial charge in [0.15, 0.2) is 6.10 Å². The van der Waals surface area contributed by atoms with Crippen LogP contribution in [0.5, 0.6) is 11.5 Å². The minimum atomic E-state index is -0.719. The predicted octanol–water partition coefficient (Wildman–Crippen LogP) is 3.25. The van der Waals surface area contributed by atoms with Crippen LogP contribution in [0.3, 0.4) is 0 Å². The van der Waals surface area contributed by atoms with Gasteiger partial charge in [-0.15, -0.1) is 0 Å². The Balaban J connectivity index is 1.63. The molecule has 1 amide bonds. The van der Waals surface area contributed by atoms with Gasteiger partial charge in [-0.05, 0) is 56.2 Å². The first kappa shape index (κ1) is 16.1. The first-order valence-corrected chi connectivity index (χ1v) is 7.89. The smallest absolute Gasteiger partial charge is 0.352 e. The zero-order valence-corrected chi connectivity index (χ0v) is 13.7. The Bertz CT molecular complexity index is 767. The Hall–Kier alpha value is -2.82. The second kappa shape index (κ2) is 6.74. The van der Waals surface area contributed by atoms with Crippen molar-refractivity contribution in [2.45, 2.75) is 32.8 Å². The molecule has 5 nitrogen and oxygen atoms in total. The Kier molecular flexibility index (Phi) is 4.51. The van der Waals surface area contributed by atoms with Gasteiger partial charge in [-0.25, -0.2) is 4.79 Å². The number of esters is 1. The molecule has 2 aromatic carbocycles. The molecule has 0 radical (unpaired) electrons. The quantitative estimate of drug-likeness (QED) is 0.692. The summed E-state index contributed by atoms with van der Waals surface area (Å²) in [6, 6.07) is 12.7. The molecule has 3 rings (SSSR count). The highest BCUT2D eigenvalue weighted by atomic mass is 16.6. The van der Waals surface area contributed by atoms with Gasteiger partial charge in [0.2, 0.25) is 5.91 Å². The van der Waals surface area contributed by atoms with Crippen molar-refractivity contribution in [3.05, 3.63) is 53.6 Å². The number of hydrogen-bond acceptors (Lipinski definition) is 4. The first-order chi connectivity index (χ1) is 11.5. The van der Waals surface area contributed by atoms with E-state index in [2.05, 4.69) is 5.32 Å². The molecular formula is C19H19NO4. The lowest BCUT2D eigenvalue weighted by Crippen LogP contribution is -2.28. The zero-order valence-electron chi connectivity index (χ0n) is 13.7. The minimum Gasteiger partial charge on any atom is -0.479 e. The lowest BCUT2D eigenvalue weighted by molar-refractivity contribution is -0.141. The van der Waals surface area contributed by atoms with Gasteiger partial charge >= 0.3 is 5.97 Å². The van der Waals surface area contributed by atoms with Crippen molar-refractivity contribution in [3.63, 3.8) is 0 Å². The molecule has 5 heteroatoms. The summed E-state index contributed by atoms with van der Waals surface area (Å²) in [4.78, 5) is 23.5. The SMILES string of the molecule is Cc1ccc(OC(C)C(=O)Oc2ccc3c(c2)CCC(=O)N3)cc1. The van der Waals surface area contributed by atoms with Gasteiger partial charge in [0.05, 0.1) is 0 Å². The molecule has 1 aliphatic rings. The Morgan fingerprint density at radius 2 is 1.79 bits per heavy atom. The summed E-state index contributed by atoms with van der Waals surface area (Å²) in [5.74, 6) is 0.621. The normalized spacial score (nSPS) is 14.3. The second-order valence-corrected chi connectivity index (χ2v) is 5.86. The van der Waals surface area contributed by atoms with Crippen molar-refractivity contribution >= 4 is 17.6 Å². The van der Waals surface area contributed by atoms with Gasteiger partial charge in [-0.1, -0.05) is 17.7 Å². The third kappa shape index (κ3) is 3.74. The van der Waals surface area contributed by atoms with Crippen LogP contribution >= 0.6 is 0 Å². The topological polar surface area (TPSA) is 64.6 Å². The molecule has 0 spiro atoms. The van der Waals surface area contributed by atoms with E-state index in [-0.39, 0.29) is 5.91 Å². The number of fused-ring (bicyclic) bond motifs is 1. The summed E-state index contributed by atoms with van der Waals surface area (Å²) in [7, 11) is 0. The average Bonchev–Trinajstić information content (AvgIpc) is 2.57. The highest BCUT2D eigenvalue weighted by Crippen LogP contribution is 2.27. The molecule has 0 bridgehead atoms. The van der Waals surface area contributed by atoms with Crippen molar-refractivity contribution in [3.8, 4) is 11.5 Å². The summed E-state index contributed by atoms with van der Waals surface area (Å²) >= 11 is 0. The van der Waals surface area contributed by atoms with E-state index in [0.717, 1.165) is 16.8 Å². The van der Waals surface area contributed by atoms with E-state index >= 15 is 0 Å². The maximum atomic E-state index is 12.2. The van der Waals surface area contributed by atoms with Gasteiger partial charge < -0.3 is 14.8 Å². The van der Waals surface area contributed by atoms with E-state index in [9.17, 15) is 9.59 Å². The molecular weight excluding hydrogens is 306 g/mol. The van der Waals surface area contributed by atoms with Crippen LogP contribution in [0, 0.1) is 6.92 Å². The number of amides is 1. The molecule has 0 aromatic heterocycles. The maximum Gasteiger partial charge on any atom is 0.352 e. The summed E-state index contributed by atoms with van der Waals surface area (Å²) in [6.07, 6.45) is 0.364. The molecule has 24 heavy (non-hydrogen) atoms. The van der Waals surface area contributed by atoms with Crippen molar-refractivity contribution in [1.82, 2.24) is 0 Å². The largest absolute Gasteiger partial charge is 0.479 e. The first-order valence-electron chi connectivity index (χ1n) is 7.89. The zero-order chi connectivity index (χ0) is 17.1. The lowest BCUT2D eigenvalue weighted by Gasteiger charge is -2.18. The van der Waals surface area contributed by atoms with Crippen molar-refractivity contribution in [1.29, 1.82) is 0 Å². The number of hydrogen-bond donors (Lipinski definition) is 1. The molecule has 0 saturated carbocycles. The lowest BCUT2D eigenvalue weighted by atomic mass is 10.0. The van der Waals surface area contributed by atoms with Crippen molar-refractivity contribution in [2.24, 2.45) is 0 Å². The van der Waals surface area contributed by atoms with E-state index in [0.29, 0.717) is 24.3 Å². The average molecular weight is 325 g/mol. The number of carbonyl (C=O) groups excluding carboxylic acids is 2. The van der Waals surface area contributed by atoms with Crippen LogP contribution in [0.15, 0.2) is 42.5 Å². The number of carbonyl (C=O) groups is 2. The standard InChI is InChI=1S/C19H19NO4/c1-12-3-6-15(7-4-12)23-13(2)19(22)24-16-8-9-17-14(11-16)5-10-18(21)20-17/h3-4,6-9,11,13H,5,10H2,1-2H3,(H,20,21). The van der Waals surface area contributed by atoms with Gasteiger partial charge in [0.1, 0.15) is 11.5 Å². The van der Waals surface area contributed by atoms with Crippen molar-refractivity contribution < 1.29 is 19.1 Å². The number of rotatable bonds is 4. The molecule has 1 N–H and O–H groups in total. The fourth-order valence-corrected chi connectivity index (χ4v) is 2.49. The maximum absolute atomic E-state index is 12.2. The molecule has 0 aliphatic carbocycles. The van der Waals surface area contributed by atoms with Crippen LogP contribution in [-0.2, 0) is 16.0 Å². The van der Waals surface area contributed by atoms with E-state index in [4.69, 9.17) is 9.47 Å². The number of benzene rings is 2. The van der Waals surface area contributed by atoms with E-state index in [1.54, 1.807) is 25.1 Å². The fraction of sp³-hybridized carbons (Fsp3) is 0.263. The third-order valence-corrected chi connectivity index (χ3v) is 3.86. The van der Waals surface area contributed by atoms with E-state index in [1.807, 2.05) is 31.2 Å². The molecule has 0 saturated heterocycles. The molecule has 124 valence electrons. The van der Waals surface area contributed by atoms with Crippen LogP contribution in [0.1, 0.15) is 24.5 Å². The Morgan fingerprint density at radius 3 is 2.54 bits per heavy atom. The van der Waals surface area contributed by atoms with Gasteiger partial charge in [0, 0.05) is 12.1 Å². The van der Waals surface area contributed by atoms with Gasteiger partial charge in [-0.3, -0.25) is 4.79 Å². The number of aryl methyl sites for hydroxylation is 2. The van der Waals surface area contributed by atoms with Gasteiger partial charge in [0.25, 0.3) is 0 Å². The third-order valence-electron chi connectivity index (χ3n) is 3.86. The minimum absolute atomic E-state index is 0.00682. The van der Waals surface area contributed by atoms with Crippen LogP contribution in [0.25, 0.3) is 0 Å². The summed E-state index contributed by atoms with van der Waals surface area (Å²) in [6.45, 7) is 3.64. The Labute approximate surface area is 140 Å². The van der Waals surface area contributed by atoms with Crippen LogP contribution < -0.4 is 14.8 Å². The number of ether oxygens (including phenoxy) is 2. The van der Waals surface area contributed by atoms with Crippen molar-refractivity contribution in [2.75, 3.05) is 5.32 Å². The second-order valence-electron chi connectivity index (χ2n) is 5.86. The predicted molar refractivity (Wildman–Crippen MR) is 90.3 cm³/mol. The summed E-state index contributed by atoms with van der Waals surface area (Å²) in [5, 5.41) is 2.80. The van der Waals surface area contributed by atoms with E-state index < -0.39 is 12.1 Å². The van der Waals surface area contributed by atoms with E-state index in [1.165, 1.54) is 0 Å². The Morgan fingerprint density at radius 1 is 1.08 bits per heavy atom. The molecule has 1 heterocycles. The molecule has 1 aliphatic heterocycles. The molecule has 2 aromatic rings. The van der Waals surface area contributed by atoms with Crippen LogP contribution in [0.4, 0.5) is 5.69 Å². The highest BCUT2D eigenvalue weighted by Gasteiger charge is 2.19. The number of nitrogens with one attached hydrogen (secondary N) is 1. The molecule has 1 atom stereocenters. The van der Waals surface area contributed by atoms with Crippen LogP contribution in [0.2, 0.25) is 0 Å². The highest BCUT2D eigenvalue weighted by molar-refractivity contribution is 5.94. The van der Waals surface area contributed by atoms with Crippen LogP contribution in [-0.4, -0.2) is 18.0 Å². The molecule has 0 fully saturated rings. The summed E-state index contributed by atoms with van der Waals surface area (Å²) < 4.78 is 11.0. The molecule has 1 unspecified atom stereocenters. The monoisotopic (exact) mass is 325 g/mol.